The van der Waals surface area contributed by atoms with Crippen LogP contribution in [0.3, 0.4) is 0 Å². The summed E-state index contributed by atoms with van der Waals surface area (Å²) in [5.41, 5.74) is 3.52. The van der Waals surface area contributed by atoms with E-state index in [9.17, 15) is 14.4 Å². The number of hydrogen-bond acceptors (Lipinski definition) is 4. The monoisotopic (exact) mass is 495 g/mol. The Kier molecular flexibility index (Phi) is 5.71. The summed E-state index contributed by atoms with van der Waals surface area (Å²) in [5.74, 6) is -0.982. The number of nitrogens with one attached hydrogen (secondary N) is 1. The van der Waals surface area contributed by atoms with E-state index in [0.717, 1.165) is 27.9 Å². The molecule has 1 N–H and O–H groups in total. The van der Waals surface area contributed by atoms with E-state index in [1.807, 2.05) is 12.1 Å². The van der Waals surface area contributed by atoms with Gasteiger partial charge in [-0.25, -0.2) is 9.69 Å². The number of rotatable bonds is 3. The van der Waals surface area contributed by atoms with E-state index < -0.39 is 17.8 Å². The molecular formula is C25H26BrN3O3. The van der Waals surface area contributed by atoms with Crippen molar-refractivity contribution in [3.63, 3.8) is 0 Å². The zero-order valence-corrected chi connectivity index (χ0v) is 20.2. The minimum absolute atomic E-state index is 0.0607. The lowest BCUT2D eigenvalue weighted by Crippen LogP contribution is -2.54. The smallest absolute Gasteiger partial charge is 0.335 e. The van der Waals surface area contributed by atoms with Crippen molar-refractivity contribution < 1.29 is 14.4 Å². The molecular weight excluding hydrogens is 470 g/mol. The molecule has 1 fully saturated rings. The lowest BCUT2D eigenvalue weighted by molar-refractivity contribution is -0.122. The van der Waals surface area contributed by atoms with Gasteiger partial charge in [0.05, 0.1) is 5.69 Å². The van der Waals surface area contributed by atoms with Crippen LogP contribution < -0.4 is 15.1 Å². The van der Waals surface area contributed by atoms with Crippen molar-refractivity contribution in [1.82, 2.24) is 5.32 Å². The predicted molar refractivity (Wildman–Crippen MR) is 130 cm³/mol. The van der Waals surface area contributed by atoms with Gasteiger partial charge in [0.1, 0.15) is 5.57 Å². The second kappa shape index (κ2) is 8.20. The van der Waals surface area contributed by atoms with Crippen molar-refractivity contribution in [2.45, 2.75) is 45.6 Å². The van der Waals surface area contributed by atoms with Gasteiger partial charge in [0.25, 0.3) is 11.8 Å². The van der Waals surface area contributed by atoms with Gasteiger partial charge in [-0.2, -0.15) is 0 Å². The first kappa shape index (κ1) is 22.3. The number of amides is 4. The van der Waals surface area contributed by atoms with Crippen molar-refractivity contribution in [3.8, 4) is 0 Å². The molecule has 4 amide bonds. The maximum Gasteiger partial charge on any atom is 0.335 e. The standard InChI is InChI=1S/C25H26BrN3O3/c1-5-28-21-10-9-16(11-19(21)15(2)14-25(28,3)4)12-20-22(30)27-24(32)29(23(20)31)18-8-6-7-17(26)13-18/h6-13,15H,5,14H2,1-4H3,(H,27,30,32)/b20-12+/t15-/m1/s1. The third-order valence-corrected chi connectivity index (χ3v) is 6.70. The summed E-state index contributed by atoms with van der Waals surface area (Å²) in [7, 11) is 0. The number of nitrogens with zero attached hydrogens (tertiary/aromatic N) is 2. The van der Waals surface area contributed by atoms with E-state index in [2.05, 4.69) is 59.9 Å². The first-order valence-electron chi connectivity index (χ1n) is 10.7. The number of barbiturate groups is 1. The summed E-state index contributed by atoms with van der Waals surface area (Å²) in [6, 6.07) is 12.1. The van der Waals surface area contributed by atoms with E-state index in [4.69, 9.17) is 0 Å². The highest BCUT2D eigenvalue weighted by Crippen LogP contribution is 2.43. The maximum absolute atomic E-state index is 13.2. The molecule has 2 aromatic carbocycles. The molecule has 0 unspecified atom stereocenters. The number of urea groups is 1. The summed E-state index contributed by atoms with van der Waals surface area (Å²) in [6.07, 6.45) is 2.58. The lowest BCUT2D eigenvalue weighted by atomic mass is 9.79. The number of carbonyl (C=O) groups excluding carboxylic acids is 3. The van der Waals surface area contributed by atoms with Gasteiger partial charge >= 0.3 is 6.03 Å². The van der Waals surface area contributed by atoms with Crippen molar-refractivity contribution in [2.75, 3.05) is 16.3 Å². The Bertz CT molecular complexity index is 1150. The molecule has 1 atom stereocenters. The molecule has 2 heterocycles. The highest BCUT2D eigenvalue weighted by atomic mass is 79.9. The molecule has 0 aliphatic carbocycles. The molecule has 6 nitrogen and oxygen atoms in total. The normalized spacial score (nSPS) is 21.6. The maximum atomic E-state index is 13.2. The van der Waals surface area contributed by atoms with Crippen LogP contribution >= 0.6 is 15.9 Å². The molecule has 166 valence electrons. The summed E-state index contributed by atoms with van der Waals surface area (Å²) >= 11 is 3.35. The van der Waals surface area contributed by atoms with Crippen LogP contribution in [-0.2, 0) is 9.59 Å². The predicted octanol–water partition coefficient (Wildman–Crippen LogP) is 5.23. The van der Waals surface area contributed by atoms with Crippen molar-refractivity contribution >= 4 is 51.2 Å². The summed E-state index contributed by atoms with van der Waals surface area (Å²) in [4.78, 5) is 41.5. The van der Waals surface area contributed by atoms with E-state index in [1.54, 1.807) is 30.3 Å². The molecule has 0 bridgehead atoms. The zero-order valence-electron chi connectivity index (χ0n) is 18.6. The highest BCUT2D eigenvalue weighted by molar-refractivity contribution is 9.10. The van der Waals surface area contributed by atoms with Crippen LogP contribution in [0.15, 0.2) is 52.5 Å². The van der Waals surface area contributed by atoms with Gasteiger partial charge in [0.2, 0.25) is 0 Å². The summed E-state index contributed by atoms with van der Waals surface area (Å²) in [6.45, 7) is 9.76. The number of anilines is 2. The molecule has 2 aliphatic rings. The van der Waals surface area contributed by atoms with Crippen LogP contribution in [-0.4, -0.2) is 29.9 Å². The Balaban J connectivity index is 1.73. The van der Waals surface area contributed by atoms with Crippen molar-refractivity contribution in [1.29, 1.82) is 0 Å². The third-order valence-electron chi connectivity index (χ3n) is 6.21. The number of fused-ring (bicyclic) bond motifs is 1. The van der Waals surface area contributed by atoms with Gasteiger partial charge < -0.3 is 4.90 Å². The van der Waals surface area contributed by atoms with Gasteiger partial charge in [0, 0.05) is 22.2 Å². The summed E-state index contributed by atoms with van der Waals surface area (Å²) in [5, 5.41) is 2.28. The lowest BCUT2D eigenvalue weighted by Gasteiger charge is -2.47. The van der Waals surface area contributed by atoms with Crippen LogP contribution in [0.4, 0.5) is 16.2 Å². The van der Waals surface area contributed by atoms with E-state index >= 15 is 0 Å². The van der Waals surface area contributed by atoms with Crippen LogP contribution in [0, 0.1) is 0 Å². The van der Waals surface area contributed by atoms with Crippen LogP contribution in [0.2, 0.25) is 0 Å². The molecule has 0 radical (unpaired) electrons. The largest absolute Gasteiger partial charge is 0.366 e. The molecule has 32 heavy (non-hydrogen) atoms. The first-order valence-corrected chi connectivity index (χ1v) is 11.5. The number of imide groups is 2. The first-order chi connectivity index (χ1) is 15.1. The van der Waals surface area contributed by atoms with Gasteiger partial charge in [-0.15, -0.1) is 0 Å². The molecule has 7 heteroatoms. The highest BCUT2D eigenvalue weighted by Gasteiger charge is 2.38. The Morgan fingerprint density at radius 3 is 2.59 bits per heavy atom. The minimum Gasteiger partial charge on any atom is -0.366 e. The van der Waals surface area contributed by atoms with Gasteiger partial charge in [0.15, 0.2) is 0 Å². The van der Waals surface area contributed by atoms with Gasteiger partial charge in [-0.1, -0.05) is 35.0 Å². The van der Waals surface area contributed by atoms with Gasteiger partial charge in [-0.3, -0.25) is 14.9 Å². The number of carbonyl (C=O) groups is 3. The molecule has 0 spiro atoms. The number of benzene rings is 2. The fourth-order valence-electron chi connectivity index (χ4n) is 4.87. The number of halogens is 1. The average molecular weight is 496 g/mol. The average Bonchev–Trinajstić information content (AvgIpc) is 2.71. The zero-order chi connectivity index (χ0) is 23.2. The Morgan fingerprint density at radius 1 is 1.16 bits per heavy atom. The van der Waals surface area contributed by atoms with E-state index in [-0.39, 0.29) is 11.1 Å². The molecule has 1 saturated heterocycles. The van der Waals surface area contributed by atoms with Crippen LogP contribution in [0.5, 0.6) is 0 Å². The third kappa shape index (κ3) is 3.86. The van der Waals surface area contributed by atoms with E-state index in [1.165, 1.54) is 11.3 Å². The topological polar surface area (TPSA) is 69.7 Å². The van der Waals surface area contributed by atoms with Crippen molar-refractivity contribution in [2.24, 2.45) is 0 Å². The molecule has 0 aromatic heterocycles. The SMILES string of the molecule is CCN1c2ccc(/C=C3\C(=O)NC(=O)N(c4cccc(Br)c4)C3=O)cc2[C@H](C)CC1(C)C. The summed E-state index contributed by atoms with van der Waals surface area (Å²) < 4.78 is 0.727. The Morgan fingerprint density at radius 2 is 1.91 bits per heavy atom. The minimum atomic E-state index is -0.755. The van der Waals surface area contributed by atoms with Crippen molar-refractivity contribution in [3.05, 3.63) is 63.6 Å². The van der Waals surface area contributed by atoms with E-state index in [0.29, 0.717) is 11.6 Å². The number of hydrogen-bond donors (Lipinski definition) is 1. The quantitative estimate of drug-likeness (QED) is 0.467. The second-order valence-electron chi connectivity index (χ2n) is 8.92. The fourth-order valence-corrected chi connectivity index (χ4v) is 5.26. The molecule has 4 rings (SSSR count). The van der Waals surface area contributed by atoms with Gasteiger partial charge in [-0.05, 0) is 80.6 Å². The molecule has 0 saturated carbocycles. The van der Waals surface area contributed by atoms with Crippen LogP contribution in [0.1, 0.15) is 51.2 Å². The Labute approximate surface area is 196 Å². The second-order valence-corrected chi connectivity index (χ2v) is 9.83. The fraction of sp³-hybridized carbons (Fsp3) is 0.320. The molecule has 2 aromatic rings. The molecule has 2 aliphatic heterocycles. The van der Waals surface area contributed by atoms with Crippen LogP contribution in [0.25, 0.3) is 6.08 Å². The Hall–Kier alpha value is -2.93.